The summed E-state index contributed by atoms with van der Waals surface area (Å²) < 4.78 is 0. The van der Waals surface area contributed by atoms with Gasteiger partial charge in [0, 0.05) is 18.8 Å². The zero-order valence-corrected chi connectivity index (χ0v) is 10.1. The van der Waals surface area contributed by atoms with Crippen molar-refractivity contribution in [2.24, 2.45) is 5.92 Å². The highest BCUT2D eigenvalue weighted by atomic mass is 16.4. The monoisotopic (exact) mass is 235 g/mol. The summed E-state index contributed by atoms with van der Waals surface area (Å²) in [7, 11) is 0. The minimum atomic E-state index is -0.685. The third-order valence-corrected chi connectivity index (χ3v) is 3.28. The van der Waals surface area contributed by atoms with Crippen LogP contribution >= 0.6 is 0 Å². The van der Waals surface area contributed by atoms with Gasteiger partial charge in [-0.05, 0) is 32.8 Å². The zero-order chi connectivity index (χ0) is 12.4. The fourth-order valence-electron chi connectivity index (χ4n) is 2.34. The molecule has 92 valence electrons. The molecule has 1 fully saturated rings. The number of hydrogen-bond donors (Lipinski definition) is 1. The van der Waals surface area contributed by atoms with E-state index in [4.69, 9.17) is 5.11 Å². The molecular weight excluding hydrogens is 218 g/mol. The Labute approximate surface area is 100 Å². The Balaban J connectivity index is 2.12. The second-order valence-corrected chi connectivity index (χ2v) is 4.56. The molecule has 1 aromatic rings. The molecule has 2 heterocycles. The summed E-state index contributed by atoms with van der Waals surface area (Å²) in [6.45, 7) is 4.65. The quantitative estimate of drug-likeness (QED) is 0.841. The van der Waals surface area contributed by atoms with Crippen molar-refractivity contribution in [1.82, 2.24) is 9.97 Å². The molecule has 1 saturated heterocycles. The van der Waals surface area contributed by atoms with Crippen LogP contribution in [0.25, 0.3) is 0 Å². The van der Waals surface area contributed by atoms with Crippen LogP contribution < -0.4 is 4.90 Å². The van der Waals surface area contributed by atoms with Crippen LogP contribution in [0.1, 0.15) is 25.6 Å². The normalized spacial score (nSPS) is 24.7. The van der Waals surface area contributed by atoms with Gasteiger partial charge in [0.25, 0.3) is 0 Å². The van der Waals surface area contributed by atoms with Gasteiger partial charge in [-0.3, -0.25) is 4.79 Å². The molecule has 2 unspecified atom stereocenters. The zero-order valence-electron chi connectivity index (χ0n) is 10.1. The summed E-state index contributed by atoms with van der Waals surface area (Å²) in [4.78, 5) is 21.6. The molecule has 1 aliphatic rings. The van der Waals surface area contributed by atoms with Gasteiger partial charge in [0.15, 0.2) is 0 Å². The number of anilines is 1. The Morgan fingerprint density at radius 1 is 1.59 bits per heavy atom. The standard InChI is InChI=1S/C12H17N3O2/c1-8-7-10(12(16)17)4-6-15(8)11-3-5-13-9(2)14-11/h3,5,8,10H,4,6-7H2,1-2H3,(H,16,17). The van der Waals surface area contributed by atoms with Crippen molar-refractivity contribution < 1.29 is 9.90 Å². The first kappa shape index (κ1) is 11.8. The predicted molar refractivity (Wildman–Crippen MR) is 63.9 cm³/mol. The summed E-state index contributed by atoms with van der Waals surface area (Å²) in [6, 6.07) is 2.09. The number of carbonyl (C=O) groups is 1. The van der Waals surface area contributed by atoms with Crippen LogP contribution in [0.15, 0.2) is 12.3 Å². The van der Waals surface area contributed by atoms with E-state index in [1.165, 1.54) is 0 Å². The maximum Gasteiger partial charge on any atom is 0.306 e. The molecule has 0 radical (unpaired) electrons. The van der Waals surface area contributed by atoms with Crippen molar-refractivity contribution in [1.29, 1.82) is 0 Å². The minimum Gasteiger partial charge on any atom is -0.481 e. The molecule has 17 heavy (non-hydrogen) atoms. The highest BCUT2D eigenvalue weighted by molar-refractivity contribution is 5.70. The molecule has 0 amide bonds. The van der Waals surface area contributed by atoms with E-state index >= 15 is 0 Å². The van der Waals surface area contributed by atoms with E-state index in [0.29, 0.717) is 12.8 Å². The Morgan fingerprint density at radius 3 is 2.94 bits per heavy atom. The Bertz CT molecular complexity index is 422. The van der Waals surface area contributed by atoms with Crippen molar-refractivity contribution in [3.63, 3.8) is 0 Å². The summed E-state index contributed by atoms with van der Waals surface area (Å²) in [5.74, 6) is 0.739. The molecule has 0 aliphatic carbocycles. The molecule has 1 aromatic heterocycles. The average Bonchev–Trinajstić information content (AvgIpc) is 2.28. The number of rotatable bonds is 2. The Hall–Kier alpha value is -1.65. The van der Waals surface area contributed by atoms with Crippen LogP contribution in [0.4, 0.5) is 5.82 Å². The maximum absolute atomic E-state index is 11.0. The van der Waals surface area contributed by atoms with E-state index in [-0.39, 0.29) is 12.0 Å². The van der Waals surface area contributed by atoms with E-state index < -0.39 is 5.97 Å². The van der Waals surface area contributed by atoms with Gasteiger partial charge in [0.05, 0.1) is 5.92 Å². The smallest absolute Gasteiger partial charge is 0.306 e. The number of aryl methyl sites for hydroxylation is 1. The number of nitrogens with zero attached hydrogens (tertiary/aromatic N) is 3. The lowest BCUT2D eigenvalue weighted by Crippen LogP contribution is -2.43. The van der Waals surface area contributed by atoms with E-state index in [9.17, 15) is 4.79 Å². The molecule has 2 atom stereocenters. The van der Waals surface area contributed by atoms with Gasteiger partial charge in [0.1, 0.15) is 11.6 Å². The topological polar surface area (TPSA) is 66.3 Å². The van der Waals surface area contributed by atoms with Crippen LogP contribution in [0, 0.1) is 12.8 Å². The first-order valence-corrected chi connectivity index (χ1v) is 5.87. The number of aromatic nitrogens is 2. The summed E-state index contributed by atoms with van der Waals surface area (Å²) >= 11 is 0. The van der Waals surface area contributed by atoms with Gasteiger partial charge < -0.3 is 10.0 Å². The maximum atomic E-state index is 11.0. The van der Waals surface area contributed by atoms with Crippen LogP contribution in [-0.4, -0.2) is 33.6 Å². The third kappa shape index (κ3) is 2.54. The predicted octanol–water partition coefficient (Wildman–Crippen LogP) is 1.47. The van der Waals surface area contributed by atoms with Crippen molar-refractivity contribution in [3.05, 3.63) is 18.1 Å². The lowest BCUT2D eigenvalue weighted by atomic mass is 9.92. The lowest BCUT2D eigenvalue weighted by Gasteiger charge is -2.37. The molecule has 0 bridgehead atoms. The van der Waals surface area contributed by atoms with Crippen molar-refractivity contribution in [2.45, 2.75) is 32.7 Å². The second kappa shape index (κ2) is 4.69. The SMILES string of the molecule is Cc1nccc(N2CCC(C(=O)O)CC2C)n1. The first-order chi connectivity index (χ1) is 8.08. The summed E-state index contributed by atoms with van der Waals surface area (Å²) in [6.07, 6.45) is 3.11. The number of aliphatic carboxylic acids is 1. The van der Waals surface area contributed by atoms with Gasteiger partial charge in [-0.2, -0.15) is 0 Å². The molecule has 1 aliphatic heterocycles. The third-order valence-electron chi connectivity index (χ3n) is 3.28. The van der Waals surface area contributed by atoms with Gasteiger partial charge in [-0.15, -0.1) is 0 Å². The molecule has 5 heteroatoms. The fourth-order valence-corrected chi connectivity index (χ4v) is 2.34. The molecule has 2 rings (SSSR count). The van der Waals surface area contributed by atoms with Gasteiger partial charge in [-0.1, -0.05) is 0 Å². The number of carboxylic acid groups (broad SMARTS) is 1. The van der Waals surface area contributed by atoms with Crippen LogP contribution in [0.2, 0.25) is 0 Å². The van der Waals surface area contributed by atoms with Crippen LogP contribution in [0.5, 0.6) is 0 Å². The van der Waals surface area contributed by atoms with Gasteiger partial charge in [-0.25, -0.2) is 9.97 Å². The molecule has 0 aromatic carbocycles. The summed E-state index contributed by atoms with van der Waals surface area (Å²) in [5, 5.41) is 9.01. The molecule has 1 N–H and O–H groups in total. The highest BCUT2D eigenvalue weighted by Crippen LogP contribution is 2.26. The Kier molecular flexibility index (Phi) is 3.26. The van der Waals surface area contributed by atoms with E-state index in [0.717, 1.165) is 18.2 Å². The molecule has 0 saturated carbocycles. The van der Waals surface area contributed by atoms with Crippen molar-refractivity contribution in [3.8, 4) is 0 Å². The lowest BCUT2D eigenvalue weighted by molar-refractivity contribution is -0.142. The Morgan fingerprint density at radius 2 is 2.35 bits per heavy atom. The molecule has 0 spiro atoms. The minimum absolute atomic E-state index is 0.208. The number of piperidine rings is 1. The number of carboxylic acids is 1. The van der Waals surface area contributed by atoms with Crippen LogP contribution in [0.3, 0.4) is 0 Å². The van der Waals surface area contributed by atoms with Gasteiger partial charge >= 0.3 is 5.97 Å². The average molecular weight is 235 g/mol. The largest absolute Gasteiger partial charge is 0.481 e. The molecule has 5 nitrogen and oxygen atoms in total. The first-order valence-electron chi connectivity index (χ1n) is 5.87. The van der Waals surface area contributed by atoms with Gasteiger partial charge in [0.2, 0.25) is 0 Å². The van der Waals surface area contributed by atoms with E-state index in [1.807, 2.05) is 19.9 Å². The number of hydrogen-bond acceptors (Lipinski definition) is 4. The van der Waals surface area contributed by atoms with Crippen molar-refractivity contribution >= 4 is 11.8 Å². The van der Waals surface area contributed by atoms with Crippen LogP contribution in [-0.2, 0) is 4.79 Å². The fraction of sp³-hybridized carbons (Fsp3) is 0.583. The summed E-state index contributed by atoms with van der Waals surface area (Å²) in [5.41, 5.74) is 0. The van der Waals surface area contributed by atoms with E-state index in [1.54, 1.807) is 6.20 Å². The highest BCUT2D eigenvalue weighted by Gasteiger charge is 2.30. The van der Waals surface area contributed by atoms with Crippen molar-refractivity contribution in [2.75, 3.05) is 11.4 Å². The van der Waals surface area contributed by atoms with E-state index in [2.05, 4.69) is 14.9 Å². The molecular formula is C12H17N3O2. The second-order valence-electron chi connectivity index (χ2n) is 4.56.